The molecule has 0 aromatic heterocycles. The van der Waals surface area contributed by atoms with Crippen LogP contribution in [-0.2, 0) is 63.3 Å². The van der Waals surface area contributed by atoms with Gasteiger partial charge in [-0.3, -0.25) is 0 Å². The molecule has 13 nitrogen and oxygen atoms in total. The fraction of sp³-hybridized carbons (Fsp3) is 0.864. The molecule has 1 aromatic carbocycles. The molecule has 0 bridgehead atoms. The summed E-state index contributed by atoms with van der Waals surface area (Å²) >= 11 is 0. The van der Waals surface area contributed by atoms with Crippen LogP contribution in [0.25, 0.3) is 0 Å². The van der Waals surface area contributed by atoms with Gasteiger partial charge in [-0.25, -0.2) is 0 Å². The van der Waals surface area contributed by atoms with Gasteiger partial charge in [0.2, 0.25) is 0 Å². The van der Waals surface area contributed by atoms with Gasteiger partial charge in [-0.1, -0.05) is 77.3 Å². The second-order valence-corrected chi connectivity index (χ2v) is 13.4. The van der Waals surface area contributed by atoms with Crippen LogP contribution in [0.4, 0.5) is 0 Å². The van der Waals surface area contributed by atoms with E-state index in [2.05, 4.69) is 38.1 Å². The minimum absolute atomic E-state index is 0.512. The Hall–Kier alpha value is -1.46. The summed E-state index contributed by atoms with van der Waals surface area (Å²) in [6, 6.07) is 8.46. The van der Waals surface area contributed by atoms with Crippen LogP contribution in [0.5, 0.6) is 5.75 Å². The average molecular weight is 819 g/mol. The minimum Gasteiger partial charge on any atom is -0.491 e. The molecule has 13 heteroatoms. The third-order valence-electron chi connectivity index (χ3n) is 8.47. The maximum atomic E-state index is 5.79. The lowest BCUT2D eigenvalue weighted by Crippen LogP contribution is -2.15. The third kappa shape index (κ3) is 42.5. The Bertz CT molecular complexity index is 880. The zero-order valence-electron chi connectivity index (χ0n) is 36.1. The average Bonchev–Trinajstić information content (AvgIpc) is 3.23. The first-order chi connectivity index (χ1) is 28.4. The molecular weight excluding hydrogens is 736 g/mol. The molecule has 0 heterocycles. The van der Waals surface area contributed by atoms with Gasteiger partial charge in [0.1, 0.15) is 12.4 Å². The predicted molar refractivity (Wildman–Crippen MR) is 223 cm³/mol. The first-order valence-corrected chi connectivity index (χ1v) is 22.0. The van der Waals surface area contributed by atoms with Crippen LogP contribution in [-0.4, -0.2) is 165 Å². The number of benzene rings is 1. The van der Waals surface area contributed by atoms with Crippen molar-refractivity contribution >= 4 is 0 Å². The maximum absolute atomic E-state index is 5.79. The molecule has 0 radical (unpaired) electrons. The Morgan fingerprint density at radius 1 is 0.263 bits per heavy atom. The molecule has 336 valence electrons. The van der Waals surface area contributed by atoms with Crippen molar-refractivity contribution < 1.29 is 61.6 Å². The Labute approximate surface area is 346 Å². The molecule has 0 spiro atoms. The second kappa shape index (κ2) is 47.2. The Morgan fingerprint density at radius 2 is 0.526 bits per heavy atom. The summed E-state index contributed by atoms with van der Waals surface area (Å²) in [6.07, 6.45) is 14.1. The summed E-state index contributed by atoms with van der Waals surface area (Å²) < 4.78 is 72.0. The minimum atomic E-state index is 0.512. The number of ether oxygens (including phenoxy) is 13. The summed E-state index contributed by atoms with van der Waals surface area (Å²) in [5, 5.41) is 0. The number of aryl methyl sites for hydroxylation is 1. The monoisotopic (exact) mass is 819 g/mol. The van der Waals surface area contributed by atoms with Crippen LogP contribution in [0.1, 0.15) is 83.6 Å². The lowest BCUT2D eigenvalue weighted by molar-refractivity contribution is -0.0285. The van der Waals surface area contributed by atoms with Gasteiger partial charge in [-0.2, -0.15) is 0 Å². The number of hydrogen-bond donors (Lipinski definition) is 0. The normalized spacial score (nSPS) is 11.5. The van der Waals surface area contributed by atoms with Gasteiger partial charge in [0.25, 0.3) is 0 Å². The number of unbranched alkanes of at least 4 members (excludes halogenated alkanes) is 8. The summed E-state index contributed by atoms with van der Waals surface area (Å²) in [6.45, 7) is 18.0. The van der Waals surface area contributed by atoms with Crippen molar-refractivity contribution in [1.82, 2.24) is 0 Å². The molecule has 1 aromatic rings. The van der Waals surface area contributed by atoms with Crippen molar-refractivity contribution in [2.75, 3.05) is 165 Å². The lowest BCUT2D eigenvalue weighted by Gasteiger charge is -2.09. The van der Waals surface area contributed by atoms with Crippen LogP contribution in [0.2, 0.25) is 0 Å². The van der Waals surface area contributed by atoms with Gasteiger partial charge < -0.3 is 61.6 Å². The molecule has 0 atom stereocenters. The number of hydrogen-bond acceptors (Lipinski definition) is 13. The van der Waals surface area contributed by atoms with Gasteiger partial charge >= 0.3 is 0 Å². The van der Waals surface area contributed by atoms with Gasteiger partial charge in [0.05, 0.1) is 152 Å². The van der Waals surface area contributed by atoms with Crippen LogP contribution in [0, 0.1) is 0 Å². The van der Waals surface area contributed by atoms with E-state index in [-0.39, 0.29) is 0 Å². The van der Waals surface area contributed by atoms with Crippen molar-refractivity contribution in [2.45, 2.75) is 84.5 Å². The molecule has 1 rings (SSSR count). The standard InChI is InChI=1S/C44H82O13/c1-3-5-7-8-9-10-11-13-43-14-16-44(17-15-43)57-42-41-56-40-39-55-38-37-54-36-35-53-34-33-52-32-31-51-30-29-50-28-27-49-26-25-48-24-23-47-22-21-46-20-19-45-18-12-6-4-2/h14-17H,3-13,18-42H2,1-2H3. The van der Waals surface area contributed by atoms with Crippen molar-refractivity contribution in [3.05, 3.63) is 29.8 Å². The zero-order chi connectivity index (χ0) is 40.6. The smallest absolute Gasteiger partial charge is 0.119 e. The molecule has 0 amide bonds. The first kappa shape index (κ1) is 53.6. The van der Waals surface area contributed by atoms with E-state index in [4.69, 9.17) is 61.6 Å². The molecule has 57 heavy (non-hydrogen) atoms. The quantitative estimate of drug-likeness (QED) is 0.0646. The maximum Gasteiger partial charge on any atom is 0.119 e. The van der Waals surface area contributed by atoms with Crippen molar-refractivity contribution in [1.29, 1.82) is 0 Å². The summed E-state index contributed by atoms with van der Waals surface area (Å²) in [4.78, 5) is 0. The van der Waals surface area contributed by atoms with E-state index < -0.39 is 0 Å². The zero-order valence-corrected chi connectivity index (χ0v) is 36.1. The Morgan fingerprint density at radius 3 is 0.860 bits per heavy atom. The molecule has 0 aliphatic rings. The van der Waals surface area contributed by atoms with Crippen LogP contribution in [0.3, 0.4) is 0 Å². The summed E-state index contributed by atoms with van der Waals surface area (Å²) in [5.41, 5.74) is 1.38. The van der Waals surface area contributed by atoms with E-state index in [1.807, 2.05) is 0 Å². The topological polar surface area (TPSA) is 120 Å². The molecule has 0 N–H and O–H groups in total. The van der Waals surface area contributed by atoms with Crippen molar-refractivity contribution in [2.24, 2.45) is 0 Å². The van der Waals surface area contributed by atoms with E-state index in [1.54, 1.807) is 0 Å². The largest absolute Gasteiger partial charge is 0.491 e. The fourth-order valence-electron chi connectivity index (χ4n) is 5.23. The summed E-state index contributed by atoms with van der Waals surface area (Å²) in [5.74, 6) is 0.887. The third-order valence-corrected chi connectivity index (χ3v) is 8.47. The van der Waals surface area contributed by atoms with E-state index in [0.29, 0.717) is 159 Å². The summed E-state index contributed by atoms with van der Waals surface area (Å²) in [7, 11) is 0. The highest BCUT2D eigenvalue weighted by Crippen LogP contribution is 2.15. The van der Waals surface area contributed by atoms with Crippen LogP contribution in [0.15, 0.2) is 24.3 Å². The van der Waals surface area contributed by atoms with Gasteiger partial charge in [-0.05, 0) is 37.0 Å². The lowest BCUT2D eigenvalue weighted by atomic mass is 10.0. The van der Waals surface area contributed by atoms with E-state index in [9.17, 15) is 0 Å². The van der Waals surface area contributed by atoms with E-state index >= 15 is 0 Å². The molecule has 0 fully saturated rings. The fourth-order valence-corrected chi connectivity index (χ4v) is 5.23. The van der Waals surface area contributed by atoms with E-state index in [1.165, 1.54) is 63.4 Å². The number of rotatable bonds is 49. The van der Waals surface area contributed by atoms with Crippen LogP contribution < -0.4 is 4.74 Å². The van der Waals surface area contributed by atoms with Gasteiger partial charge in [0.15, 0.2) is 0 Å². The molecular formula is C44H82O13. The predicted octanol–water partition coefficient (Wildman–Crippen LogP) is 6.75. The highest BCUT2D eigenvalue weighted by atomic mass is 16.6. The Kier molecular flexibility index (Phi) is 44.4. The Balaban J connectivity index is 1.66. The van der Waals surface area contributed by atoms with Gasteiger partial charge in [0, 0.05) is 6.61 Å². The molecule has 0 unspecified atom stereocenters. The second-order valence-electron chi connectivity index (χ2n) is 13.4. The molecule has 0 aliphatic carbocycles. The van der Waals surface area contributed by atoms with E-state index in [0.717, 1.165) is 25.2 Å². The molecule has 0 saturated heterocycles. The highest BCUT2D eigenvalue weighted by molar-refractivity contribution is 5.27. The van der Waals surface area contributed by atoms with Crippen molar-refractivity contribution in [3.8, 4) is 5.75 Å². The van der Waals surface area contributed by atoms with Crippen molar-refractivity contribution in [3.63, 3.8) is 0 Å². The first-order valence-electron chi connectivity index (χ1n) is 22.0. The molecule has 0 aliphatic heterocycles. The molecule has 0 saturated carbocycles. The van der Waals surface area contributed by atoms with Gasteiger partial charge in [-0.15, -0.1) is 0 Å². The SMILES string of the molecule is CCCCCCCCCc1ccc(OCCOCCOCCOCCOCCOCCOCCOCCOCCOCCOCCOCCOCCCCC)cc1. The van der Waals surface area contributed by atoms with Crippen LogP contribution >= 0.6 is 0 Å². The highest BCUT2D eigenvalue weighted by Gasteiger charge is 2.00.